The van der Waals surface area contributed by atoms with Gasteiger partial charge < -0.3 is 0 Å². The molecule has 2 heterocycles. The molecule has 1 aliphatic heterocycles. The van der Waals surface area contributed by atoms with E-state index in [4.69, 9.17) is 11.6 Å². The first kappa shape index (κ1) is 12.6. The van der Waals surface area contributed by atoms with Crippen LogP contribution in [0.2, 0.25) is 5.02 Å². The molecule has 0 bridgehead atoms. The lowest BCUT2D eigenvalue weighted by molar-refractivity contribution is 0.358. The molecule has 0 amide bonds. The molecule has 0 aromatic carbocycles. The number of rotatable bonds is 5. The molecule has 0 N–H and O–H groups in total. The minimum Gasteiger partial charge on any atom is -0.293 e. The molecule has 1 aromatic rings. The molecule has 0 unspecified atom stereocenters. The second-order valence-corrected chi connectivity index (χ2v) is 6.30. The van der Waals surface area contributed by atoms with Gasteiger partial charge in [-0.1, -0.05) is 11.6 Å². The molecule has 16 heavy (non-hydrogen) atoms. The minimum atomic E-state index is 0.707. The van der Waals surface area contributed by atoms with Gasteiger partial charge in [0.1, 0.15) is 0 Å². The first-order chi connectivity index (χ1) is 7.84. The van der Waals surface area contributed by atoms with E-state index >= 15 is 0 Å². The van der Waals surface area contributed by atoms with E-state index in [-0.39, 0.29) is 0 Å². The van der Waals surface area contributed by atoms with Gasteiger partial charge in [-0.15, -0.1) is 23.5 Å². The maximum atomic E-state index is 5.78. The summed E-state index contributed by atoms with van der Waals surface area (Å²) in [4.78, 5) is 6.78. The first-order valence-corrected chi connectivity index (χ1v) is 7.91. The van der Waals surface area contributed by atoms with Crippen molar-refractivity contribution < 1.29 is 0 Å². The lowest BCUT2D eigenvalue weighted by Gasteiger charge is -2.12. The van der Waals surface area contributed by atoms with Crippen molar-refractivity contribution in [3.8, 4) is 0 Å². The van der Waals surface area contributed by atoms with Crippen LogP contribution >= 0.6 is 35.1 Å². The van der Waals surface area contributed by atoms with Gasteiger partial charge in [0.25, 0.3) is 0 Å². The fourth-order valence-corrected chi connectivity index (χ4v) is 3.46. The Balaban J connectivity index is 1.62. The summed E-state index contributed by atoms with van der Waals surface area (Å²) in [6.45, 7) is 2.47. The van der Waals surface area contributed by atoms with Crippen LogP contribution in [0.3, 0.4) is 0 Å². The fourth-order valence-electron chi connectivity index (χ4n) is 1.54. The SMILES string of the molecule is Clc1ccc(SCCCN2CCSC2)nc1. The first-order valence-electron chi connectivity index (χ1n) is 5.39. The van der Waals surface area contributed by atoms with Crippen molar-refractivity contribution in [2.45, 2.75) is 11.4 Å². The van der Waals surface area contributed by atoms with Crippen molar-refractivity contribution in [1.29, 1.82) is 0 Å². The van der Waals surface area contributed by atoms with Crippen molar-refractivity contribution >= 4 is 35.1 Å². The highest BCUT2D eigenvalue weighted by molar-refractivity contribution is 7.99. The van der Waals surface area contributed by atoms with Gasteiger partial charge in [0.05, 0.1) is 10.0 Å². The highest BCUT2D eigenvalue weighted by Gasteiger charge is 2.10. The van der Waals surface area contributed by atoms with Crippen LogP contribution in [0.4, 0.5) is 0 Å². The van der Waals surface area contributed by atoms with Gasteiger partial charge in [-0.05, 0) is 25.1 Å². The Kier molecular flexibility index (Phi) is 5.29. The van der Waals surface area contributed by atoms with E-state index in [2.05, 4.69) is 9.88 Å². The molecule has 1 fully saturated rings. The molecule has 2 rings (SSSR count). The number of hydrogen-bond acceptors (Lipinski definition) is 4. The van der Waals surface area contributed by atoms with E-state index in [0.717, 1.165) is 10.8 Å². The molecule has 88 valence electrons. The molecule has 1 aliphatic rings. The van der Waals surface area contributed by atoms with Crippen LogP contribution in [0.25, 0.3) is 0 Å². The van der Waals surface area contributed by atoms with Crippen LogP contribution in [0, 0.1) is 0 Å². The molecule has 0 radical (unpaired) electrons. The standard InChI is InChI=1S/C11H15ClN2S2/c12-10-2-3-11(13-8-10)16-6-1-4-14-5-7-15-9-14/h2-3,8H,1,4-7,9H2. The molecule has 0 aliphatic carbocycles. The van der Waals surface area contributed by atoms with E-state index in [9.17, 15) is 0 Å². The third-order valence-electron chi connectivity index (χ3n) is 2.39. The number of pyridine rings is 1. The number of thioether (sulfide) groups is 2. The lowest BCUT2D eigenvalue weighted by atomic mass is 10.4. The Labute approximate surface area is 110 Å². The summed E-state index contributed by atoms with van der Waals surface area (Å²) >= 11 is 9.62. The average Bonchev–Trinajstić information content (AvgIpc) is 2.80. The summed E-state index contributed by atoms with van der Waals surface area (Å²) in [5.41, 5.74) is 0. The van der Waals surface area contributed by atoms with Gasteiger partial charge in [-0.25, -0.2) is 4.98 Å². The fraction of sp³-hybridized carbons (Fsp3) is 0.545. The van der Waals surface area contributed by atoms with E-state index in [0.29, 0.717) is 5.02 Å². The van der Waals surface area contributed by atoms with Crippen molar-refractivity contribution in [2.75, 3.05) is 30.5 Å². The second kappa shape index (κ2) is 6.74. The van der Waals surface area contributed by atoms with Crippen LogP contribution in [-0.2, 0) is 0 Å². The number of aromatic nitrogens is 1. The lowest BCUT2D eigenvalue weighted by Crippen LogP contribution is -2.20. The van der Waals surface area contributed by atoms with Gasteiger partial charge in [-0.2, -0.15) is 0 Å². The van der Waals surface area contributed by atoms with Crippen LogP contribution in [0.1, 0.15) is 6.42 Å². The predicted octanol–water partition coefficient (Wildman–Crippen LogP) is 3.22. The molecule has 2 nitrogen and oxygen atoms in total. The summed E-state index contributed by atoms with van der Waals surface area (Å²) in [6.07, 6.45) is 2.94. The third-order valence-corrected chi connectivity index (χ3v) is 4.67. The van der Waals surface area contributed by atoms with Gasteiger partial charge in [0, 0.05) is 30.1 Å². The van der Waals surface area contributed by atoms with E-state index in [1.165, 1.54) is 31.1 Å². The number of nitrogens with zero attached hydrogens (tertiary/aromatic N) is 2. The monoisotopic (exact) mass is 274 g/mol. The van der Waals surface area contributed by atoms with Crippen LogP contribution in [-0.4, -0.2) is 40.4 Å². The van der Waals surface area contributed by atoms with Gasteiger partial charge in [-0.3, -0.25) is 4.90 Å². The van der Waals surface area contributed by atoms with Crippen molar-refractivity contribution in [3.63, 3.8) is 0 Å². The normalized spacial score (nSPS) is 16.8. The Bertz CT molecular complexity index is 312. The highest BCUT2D eigenvalue weighted by Crippen LogP contribution is 2.19. The highest BCUT2D eigenvalue weighted by atomic mass is 35.5. The quantitative estimate of drug-likeness (QED) is 0.605. The summed E-state index contributed by atoms with van der Waals surface area (Å²) in [7, 11) is 0. The molecule has 0 spiro atoms. The second-order valence-electron chi connectivity index (χ2n) is 3.67. The Morgan fingerprint density at radius 1 is 1.50 bits per heavy atom. The van der Waals surface area contributed by atoms with Crippen LogP contribution in [0.5, 0.6) is 0 Å². The maximum absolute atomic E-state index is 5.78. The van der Waals surface area contributed by atoms with Crippen molar-refractivity contribution in [1.82, 2.24) is 9.88 Å². The smallest absolute Gasteiger partial charge is 0.0960 e. The van der Waals surface area contributed by atoms with Gasteiger partial charge in [0.15, 0.2) is 0 Å². The Hall–Kier alpha value is 0.1000. The molecular weight excluding hydrogens is 260 g/mol. The minimum absolute atomic E-state index is 0.707. The van der Waals surface area contributed by atoms with Crippen LogP contribution < -0.4 is 0 Å². The summed E-state index contributed by atoms with van der Waals surface area (Å²) in [5.74, 6) is 3.64. The summed E-state index contributed by atoms with van der Waals surface area (Å²) in [5, 5.41) is 1.78. The molecular formula is C11H15ClN2S2. The number of hydrogen-bond donors (Lipinski definition) is 0. The zero-order valence-corrected chi connectivity index (χ0v) is 11.5. The molecule has 0 saturated carbocycles. The topological polar surface area (TPSA) is 16.1 Å². The molecule has 1 saturated heterocycles. The molecule has 1 aromatic heterocycles. The predicted molar refractivity (Wildman–Crippen MR) is 73.5 cm³/mol. The zero-order chi connectivity index (χ0) is 11.2. The van der Waals surface area contributed by atoms with Crippen molar-refractivity contribution in [3.05, 3.63) is 23.4 Å². The maximum Gasteiger partial charge on any atom is 0.0960 e. The van der Waals surface area contributed by atoms with Crippen molar-refractivity contribution in [2.24, 2.45) is 0 Å². The van der Waals surface area contributed by atoms with E-state index < -0.39 is 0 Å². The number of halogens is 1. The largest absolute Gasteiger partial charge is 0.293 e. The Morgan fingerprint density at radius 3 is 3.12 bits per heavy atom. The summed E-state index contributed by atoms with van der Waals surface area (Å²) < 4.78 is 0. The van der Waals surface area contributed by atoms with Gasteiger partial charge >= 0.3 is 0 Å². The summed E-state index contributed by atoms with van der Waals surface area (Å²) in [6, 6.07) is 3.88. The molecule has 5 heteroatoms. The molecule has 0 atom stereocenters. The third kappa shape index (κ3) is 4.17. The van der Waals surface area contributed by atoms with E-state index in [1.807, 2.05) is 35.7 Å². The van der Waals surface area contributed by atoms with Gasteiger partial charge in [0.2, 0.25) is 0 Å². The zero-order valence-electron chi connectivity index (χ0n) is 9.06. The van der Waals surface area contributed by atoms with E-state index in [1.54, 1.807) is 6.20 Å². The Morgan fingerprint density at radius 2 is 2.44 bits per heavy atom. The van der Waals surface area contributed by atoms with Crippen LogP contribution in [0.15, 0.2) is 23.4 Å². The average molecular weight is 275 g/mol.